The molecule has 17 rings (SSSR count). The maximum atomic E-state index is 7.62. The molecular formula is C88H67N3O2. The van der Waals surface area contributed by atoms with Crippen molar-refractivity contribution in [2.75, 3.05) is 9.80 Å². The summed E-state index contributed by atoms with van der Waals surface area (Å²) in [6.45, 7) is 13.6. The smallest absolute Gasteiger partial charge is 0.182 e. The van der Waals surface area contributed by atoms with Crippen LogP contribution in [0.4, 0.5) is 34.3 Å². The fraction of sp³-hybridized carbons (Fsp3) is 0.102. The minimum atomic E-state index is -1.04. The van der Waals surface area contributed by atoms with Crippen LogP contribution in [0.15, 0.2) is 306 Å². The highest BCUT2D eigenvalue weighted by Crippen LogP contribution is 2.64. The number of anilines is 6. The Morgan fingerprint density at radius 3 is 1.22 bits per heavy atom. The average Bonchev–Trinajstić information content (AvgIpc) is 1.51. The summed E-state index contributed by atoms with van der Waals surface area (Å²) >= 11 is 0. The summed E-state index contributed by atoms with van der Waals surface area (Å²) in [5, 5.41) is 8.84. The van der Waals surface area contributed by atoms with Crippen LogP contribution in [0.25, 0.3) is 98.8 Å². The van der Waals surface area contributed by atoms with Gasteiger partial charge in [0.05, 0.1) is 22.2 Å². The van der Waals surface area contributed by atoms with Gasteiger partial charge >= 0.3 is 0 Å². The lowest BCUT2D eigenvalue weighted by atomic mass is 9.69. The van der Waals surface area contributed by atoms with Crippen molar-refractivity contribution in [1.82, 2.24) is 4.98 Å². The van der Waals surface area contributed by atoms with Gasteiger partial charge in [0.1, 0.15) is 16.7 Å². The Bertz CT molecular complexity index is 5520. The molecule has 0 aliphatic heterocycles. The first-order valence-corrected chi connectivity index (χ1v) is 32.3. The van der Waals surface area contributed by atoms with Gasteiger partial charge in [0, 0.05) is 50.0 Å². The Kier molecular flexibility index (Phi) is 12.9. The zero-order chi connectivity index (χ0) is 62.7. The SMILES string of the molecule is CC(C)(C)c1ccc(N(c2ccc(-c3ccc4ccccc4c3)cc2)c2nc3c(c4c2oc2ccccc24)-c2c(cc(N(c4ccc(-c5ccc6ccccc6c5)cc4)c4ccc(C(C)(C)C)cc4)c4c2oc2ccccc24)C3(c2ccccc2)c2ccccc2)cc1. The highest BCUT2D eigenvalue weighted by atomic mass is 16.3. The van der Waals surface area contributed by atoms with Crippen LogP contribution < -0.4 is 9.80 Å². The van der Waals surface area contributed by atoms with Crippen LogP contribution in [0.1, 0.15) is 75.1 Å². The molecule has 0 radical (unpaired) electrons. The highest BCUT2D eigenvalue weighted by molar-refractivity contribution is 6.25. The molecule has 0 amide bonds. The van der Waals surface area contributed by atoms with Gasteiger partial charge in [-0.3, -0.25) is 4.90 Å². The number of benzene rings is 13. The topological polar surface area (TPSA) is 45.7 Å². The summed E-state index contributed by atoms with van der Waals surface area (Å²) in [7, 11) is 0. The summed E-state index contributed by atoms with van der Waals surface area (Å²) < 4.78 is 15.1. The molecule has 0 saturated heterocycles. The van der Waals surface area contributed by atoms with E-state index >= 15 is 0 Å². The molecule has 0 spiro atoms. The van der Waals surface area contributed by atoms with Crippen molar-refractivity contribution in [3.63, 3.8) is 0 Å². The monoisotopic (exact) mass is 1200 g/mol. The Labute approximate surface area is 542 Å². The Balaban J connectivity index is 0.980. The number of fused-ring (bicyclic) bond motifs is 13. The largest absolute Gasteiger partial charge is 0.455 e. The van der Waals surface area contributed by atoms with E-state index in [9.17, 15) is 0 Å². The second kappa shape index (κ2) is 21.4. The lowest BCUT2D eigenvalue weighted by Gasteiger charge is -2.35. The molecule has 5 heteroatoms. The summed E-state index contributed by atoms with van der Waals surface area (Å²) in [6, 6.07) is 109. The lowest BCUT2D eigenvalue weighted by molar-refractivity contribution is 0.590. The molecule has 16 aromatic rings. The van der Waals surface area contributed by atoms with Gasteiger partial charge in [-0.05, 0) is 161 Å². The minimum absolute atomic E-state index is 0.0650. The number of rotatable bonds is 10. The van der Waals surface area contributed by atoms with E-state index in [1.54, 1.807) is 0 Å². The fourth-order valence-electron chi connectivity index (χ4n) is 14.7. The van der Waals surface area contributed by atoms with Crippen molar-refractivity contribution in [2.45, 2.75) is 57.8 Å². The van der Waals surface area contributed by atoms with Crippen LogP contribution in [-0.2, 0) is 16.2 Å². The Morgan fingerprint density at radius 2 is 0.731 bits per heavy atom. The molecule has 93 heavy (non-hydrogen) atoms. The standard InChI is InChI=1S/C88H67N3O2/c1-86(2,3)64-41-49-69(50-42-64)90(68-45-37-58(38-46-68)62-35-33-56-21-13-15-23-60(56)53-62)75-55-74-80(82-78(75)72-29-17-19-31-76(72)92-82)81-79-73-30-18-20-32-77(73)93-83(79)85(89-84(81)88(74,66-25-9-7-10-26-66)67-27-11-8-12-28-67)91(71-51-43-65(44-52-71)87(4,5)6)70-47-39-59(40-48-70)63-36-34-57-22-14-16-24-61(57)54-63/h7-55H,1-6H3. The third-order valence-electron chi connectivity index (χ3n) is 19.4. The summed E-state index contributed by atoms with van der Waals surface area (Å²) in [4.78, 5) is 11.1. The maximum Gasteiger partial charge on any atom is 0.182 e. The van der Waals surface area contributed by atoms with Crippen molar-refractivity contribution in [1.29, 1.82) is 0 Å². The van der Waals surface area contributed by atoms with Gasteiger partial charge in [0.2, 0.25) is 0 Å². The molecule has 5 nitrogen and oxygen atoms in total. The van der Waals surface area contributed by atoms with Gasteiger partial charge in [-0.2, -0.15) is 0 Å². The Hall–Kier alpha value is -11.3. The molecule has 0 N–H and O–H groups in total. The first-order valence-electron chi connectivity index (χ1n) is 32.3. The van der Waals surface area contributed by atoms with E-state index in [-0.39, 0.29) is 10.8 Å². The van der Waals surface area contributed by atoms with Crippen molar-refractivity contribution in [3.05, 3.63) is 331 Å². The predicted molar refractivity (Wildman–Crippen MR) is 389 cm³/mol. The van der Waals surface area contributed by atoms with Gasteiger partial charge in [-0.1, -0.05) is 260 Å². The van der Waals surface area contributed by atoms with Crippen LogP contribution in [0.3, 0.4) is 0 Å². The normalized spacial score (nSPS) is 12.9. The van der Waals surface area contributed by atoms with Crippen LogP contribution in [0.5, 0.6) is 0 Å². The van der Waals surface area contributed by atoms with E-state index in [2.05, 4.69) is 349 Å². The highest BCUT2D eigenvalue weighted by Gasteiger charge is 2.52. The lowest BCUT2D eigenvalue weighted by Crippen LogP contribution is -2.30. The summed E-state index contributed by atoms with van der Waals surface area (Å²) in [5.74, 6) is 0.680. The van der Waals surface area contributed by atoms with Gasteiger partial charge < -0.3 is 13.7 Å². The molecule has 1 aliphatic carbocycles. The van der Waals surface area contributed by atoms with E-state index in [4.69, 9.17) is 13.8 Å². The van der Waals surface area contributed by atoms with Crippen molar-refractivity contribution >= 4 is 99.7 Å². The molecule has 0 atom stereocenters. The first kappa shape index (κ1) is 55.8. The maximum absolute atomic E-state index is 7.62. The first-order chi connectivity index (χ1) is 45.4. The molecular weight excluding hydrogens is 1130 g/mol. The molecule has 0 fully saturated rings. The molecule has 13 aromatic carbocycles. The second-order valence-electron chi connectivity index (χ2n) is 27.0. The van der Waals surface area contributed by atoms with Crippen LogP contribution in [0.2, 0.25) is 0 Å². The molecule has 3 aromatic heterocycles. The number of hydrogen-bond donors (Lipinski definition) is 0. The number of furan rings is 2. The molecule has 0 unspecified atom stereocenters. The predicted octanol–water partition coefficient (Wildman–Crippen LogP) is 24.4. The van der Waals surface area contributed by atoms with Gasteiger partial charge in [0.15, 0.2) is 11.4 Å². The van der Waals surface area contributed by atoms with Gasteiger partial charge in [-0.25, -0.2) is 4.98 Å². The third-order valence-corrected chi connectivity index (χ3v) is 19.4. The van der Waals surface area contributed by atoms with E-state index in [1.807, 2.05) is 0 Å². The van der Waals surface area contributed by atoms with E-state index in [0.717, 1.165) is 117 Å². The quantitative estimate of drug-likeness (QED) is 0.137. The molecule has 0 bridgehead atoms. The number of hydrogen-bond acceptors (Lipinski definition) is 5. The number of nitrogens with zero attached hydrogens (tertiary/aromatic N) is 3. The zero-order valence-corrected chi connectivity index (χ0v) is 52.9. The summed E-state index contributed by atoms with van der Waals surface area (Å²) in [5.41, 5.74) is 19.9. The van der Waals surface area contributed by atoms with Crippen molar-refractivity contribution in [2.24, 2.45) is 0 Å². The molecule has 1 aliphatic rings. The van der Waals surface area contributed by atoms with Crippen LogP contribution in [0, 0.1) is 0 Å². The zero-order valence-electron chi connectivity index (χ0n) is 52.9. The number of aromatic nitrogens is 1. The molecule has 446 valence electrons. The second-order valence-corrected chi connectivity index (χ2v) is 27.0. The van der Waals surface area contributed by atoms with Gasteiger partial charge in [0.25, 0.3) is 0 Å². The van der Waals surface area contributed by atoms with E-state index < -0.39 is 5.41 Å². The molecule has 0 saturated carbocycles. The average molecular weight is 1200 g/mol. The van der Waals surface area contributed by atoms with Crippen LogP contribution in [-0.4, -0.2) is 4.98 Å². The van der Waals surface area contributed by atoms with Crippen molar-refractivity contribution < 1.29 is 8.83 Å². The van der Waals surface area contributed by atoms with E-state index in [0.29, 0.717) is 11.4 Å². The number of pyridine rings is 1. The third kappa shape index (κ3) is 9.08. The van der Waals surface area contributed by atoms with Gasteiger partial charge in [-0.15, -0.1) is 0 Å². The Morgan fingerprint density at radius 1 is 0.333 bits per heavy atom. The minimum Gasteiger partial charge on any atom is -0.455 e. The number of para-hydroxylation sites is 2. The van der Waals surface area contributed by atoms with Crippen LogP contribution >= 0.6 is 0 Å². The van der Waals surface area contributed by atoms with Crippen molar-refractivity contribution in [3.8, 4) is 33.4 Å². The fourth-order valence-corrected chi connectivity index (χ4v) is 14.7. The summed E-state index contributed by atoms with van der Waals surface area (Å²) in [6.07, 6.45) is 0. The molecule has 3 heterocycles. The van der Waals surface area contributed by atoms with E-state index in [1.165, 1.54) is 38.2 Å².